The molecule has 0 aromatic heterocycles. The van der Waals surface area contributed by atoms with Crippen molar-refractivity contribution < 1.29 is 23.6 Å². The number of halogens is 1. The normalized spacial score (nSPS) is 20.9. The number of piperidine rings is 2. The first kappa shape index (κ1) is 19.0. The molecule has 0 spiro atoms. The van der Waals surface area contributed by atoms with E-state index in [1.165, 1.54) is 12.1 Å². The summed E-state index contributed by atoms with van der Waals surface area (Å²) in [6.45, 7) is 1.47. The summed E-state index contributed by atoms with van der Waals surface area (Å²) >= 11 is 0. The molecule has 0 radical (unpaired) electrons. The molecule has 2 heterocycles. The highest BCUT2D eigenvalue weighted by atomic mass is 19.1. The van der Waals surface area contributed by atoms with E-state index < -0.39 is 23.7 Å². The zero-order chi connectivity index (χ0) is 19.4. The molecule has 7 nitrogen and oxygen atoms in total. The second-order valence-corrected chi connectivity index (χ2v) is 6.97. The van der Waals surface area contributed by atoms with Gasteiger partial charge < -0.3 is 15.0 Å². The van der Waals surface area contributed by atoms with Crippen LogP contribution in [0.4, 0.5) is 10.1 Å². The highest BCUT2D eigenvalue weighted by Gasteiger charge is 2.29. The van der Waals surface area contributed by atoms with Crippen LogP contribution in [0, 0.1) is 11.7 Å². The van der Waals surface area contributed by atoms with Crippen LogP contribution in [0.3, 0.4) is 0 Å². The number of nitrogens with zero attached hydrogens (tertiary/aromatic N) is 1. The molecule has 2 N–H and O–H groups in total. The van der Waals surface area contributed by atoms with Crippen LogP contribution in [0.15, 0.2) is 18.2 Å². The lowest BCUT2D eigenvalue weighted by Crippen LogP contribution is -2.52. The lowest BCUT2D eigenvalue weighted by Gasteiger charge is -2.33. The molecule has 3 amide bonds. The first-order valence-electron chi connectivity index (χ1n) is 9.10. The van der Waals surface area contributed by atoms with Crippen molar-refractivity contribution in [1.82, 2.24) is 10.6 Å². The van der Waals surface area contributed by atoms with Crippen molar-refractivity contribution >= 4 is 29.7 Å². The Morgan fingerprint density at radius 3 is 2.63 bits per heavy atom. The van der Waals surface area contributed by atoms with Crippen LogP contribution in [0.2, 0.25) is 0 Å². The second-order valence-electron chi connectivity index (χ2n) is 6.97. The van der Waals surface area contributed by atoms with Gasteiger partial charge in [-0.1, -0.05) is 0 Å². The van der Waals surface area contributed by atoms with Crippen molar-refractivity contribution in [3.63, 3.8) is 0 Å². The van der Waals surface area contributed by atoms with Crippen molar-refractivity contribution in [3.05, 3.63) is 29.6 Å². The fraction of sp³-hybridized carbons (Fsp3) is 0.474. The van der Waals surface area contributed by atoms with Gasteiger partial charge in [0.2, 0.25) is 11.8 Å². The predicted molar refractivity (Wildman–Crippen MR) is 95.7 cm³/mol. The predicted octanol–water partition coefficient (Wildman–Crippen LogP) is 1.17. The van der Waals surface area contributed by atoms with E-state index in [0.717, 1.165) is 32.2 Å². The Balaban J connectivity index is 1.63. The SMILES string of the molecule is O=CCC1CCN(c2ccc(C(=O)NC3CCC(=O)NC3=O)c(F)c2)CC1. The molecule has 2 aliphatic heterocycles. The Hall–Kier alpha value is -2.77. The van der Waals surface area contributed by atoms with Gasteiger partial charge in [0, 0.05) is 31.6 Å². The molecule has 3 rings (SSSR count). The first-order chi connectivity index (χ1) is 13.0. The molecule has 1 aromatic rings. The van der Waals surface area contributed by atoms with Gasteiger partial charge in [-0.05, 0) is 43.4 Å². The third-order valence-corrected chi connectivity index (χ3v) is 5.15. The number of carbonyl (C=O) groups excluding carboxylic acids is 4. The number of imide groups is 1. The molecule has 0 aliphatic carbocycles. The number of amides is 3. The van der Waals surface area contributed by atoms with Gasteiger partial charge in [-0.3, -0.25) is 19.7 Å². The van der Waals surface area contributed by atoms with Crippen LogP contribution in [0.1, 0.15) is 42.5 Å². The molecule has 1 unspecified atom stereocenters. The van der Waals surface area contributed by atoms with Crippen molar-refractivity contribution in [3.8, 4) is 0 Å². The van der Waals surface area contributed by atoms with E-state index in [4.69, 9.17) is 0 Å². The molecule has 1 atom stereocenters. The summed E-state index contributed by atoms with van der Waals surface area (Å²) in [7, 11) is 0. The monoisotopic (exact) mass is 375 g/mol. The van der Waals surface area contributed by atoms with E-state index >= 15 is 0 Å². The van der Waals surface area contributed by atoms with Gasteiger partial charge in [-0.15, -0.1) is 0 Å². The molecule has 2 aliphatic rings. The quantitative estimate of drug-likeness (QED) is 0.595. The van der Waals surface area contributed by atoms with Gasteiger partial charge in [0.25, 0.3) is 5.91 Å². The second kappa shape index (κ2) is 8.28. The topological polar surface area (TPSA) is 95.6 Å². The minimum absolute atomic E-state index is 0.137. The van der Waals surface area contributed by atoms with E-state index in [0.29, 0.717) is 18.0 Å². The minimum atomic E-state index is -0.842. The first-order valence-corrected chi connectivity index (χ1v) is 9.10. The highest BCUT2D eigenvalue weighted by molar-refractivity contribution is 6.03. The van der Waals surface area contributed by atoms with Crippen LogP contribution in [-0.4, -0.2) is 43.1 Å². The maximum absolute atomic E-state index is 14.5. The summed E-state index contributed by atoms with van der Waals surface area (Å²) in [6, 6.07) is 3.57. The summed E-state index contributed by atoms with van der Waals surface area (Å²) in [5, 5.41) is 4.63. The molecule has 2 saturated heterocycles. The van der Waals surface area contributed by atoms with Crippen molar-refractivity contribution in [1.29, 1.82) is 0 Å². The summed E-state index contributed by atoms with van der Waals surface area (Å²) in [4.78, 5) is 47.8. The number of rotatable bonds is 5. The van der Waals surface area contributed by atoms with Gasteiger partial charge in [0.05, 0.1) is 5.56 Å². The Morgan fingerprint density at radius 1 is 1.26 bits per heavy atom. The number of anilines is 1. The third kappa shape index (κ3) is 4.50. The minimum Gasteiger partial charge on any atom is -0.371 e. The summed E-state index contributed by atoms with van der Waals surface area (Å²) in [5.74, 6) is -1.92. The smallest absolute Gasteiger partial charge is 0.254 e. The number of hydrogen-bond acceptors (Lipinski definition) is 5. The van der Waals surface area contributed by atoms with Crippen molar-refractivity contribution in [2.75, 3.05) is 18.0 Å². The maximum atomic E-state index is 14.5. The summed E-state index contributed by atoms with van der Waals surface area (Å²) in [5.41, 5.74) is 0.550. The van der Waals surface area contributed by atoms with Crippen molar-refractivity contribution in [2.45, 2.75) is 38.1 Å². The van der Waals surface area contributed by atoms with Gasteiger partial charge >= 0.3 is 0 Å². The summed E-state index contributed by atoms with van der Waals surface area (Å²) in [6.07, 6.45) is 3.58. The number of carbonyl (C=O) groups is 4. The zero-order valence-electron chi connectivity index (χ0n) is 14.9. The standard InChI is InChI=1S/C19H22FN3O4/c20-15-11-13(23-8-5-12(6-9-23)7-10-24)1-2-14(15)18(26)21-16-3-4-17(25)22-19(16)27/h1-2,10-12,16H,3-9H2,(H,21,26)(H,22,25,27). The van der Waals surface area contributed by atoms with Gasteiger partial charge in [-0.25, -0.2) is 4.39 Å². The molecule has 27 heavy (non-hydrogen) atoms. The molecule has 2 fully saturated rings. The fourth-order valence-corrected chi connectivity index (χ4v) is 3.52. The lowest BCUT2D eigenvalue weighted by atomic mass is 9.94. The maximum Gasteiger partial charge on any atom is 0.254 e. The Bertz CT molecular complexity index is 759. The average Bonchev–Trinajstić information content (AvgIpc) is 2.65. The van der Waals surface area contributed by atoms with E-state index in [1.807, 2.05) is 4.90 Å². The number of benzene rings is 1. The largest absolute Gasteiger partial charge is 0.371 e. The number of hydrogen-bond donors (Lipinski definition) is 2. The Morgan fingerprint density at radius 2 is 2.00 bits per heavy atom. The molecule has 8 heteroatoms. The Labute approximate surface area is 156 Å². The molecule has 0 bridgehead atoms. The molecule has 0 saturated carbocycles. The fourth-order valence-electron chi connectivity index (χ4n) is 3.52. The van der Waals surface area contributed by atoms with Crippen LogP contribution >= 0.6 is 0 Å². The van der Waals surface area contributed by atoms with Gasteiger partial charge in [0.15, 0.2) is 0 Å². The highest BCUT2D eigenvalue weighted by Crippen LogP contribution is 2.26. The van der Waals surface area contributed by atoms with E-state index in [2.05, 4.69) is 10.6 Å². The van der Waals surface area contributed by atoms with Crippen molar-refractivity contribution in [2.24, 2.45) is 5.92 Å². The van der Waals surface area contributed by atoms with Gasteiger partial charge in [-0.2, -0.15) is 0 Å². The van der Waals surface area contributed by atoms with E-state index in [1.54, 1.807) is 6.07 Å². The van der Waals surface area contributed by atoms with Crippen LogP contribution in [0.25, 0.3) is 0 Å². The number of nitrogens with one attached hydrogen (secondary N) is 2. The van der Waals surface area contributed by atoms with E-state index in [9.17, 15) is 23.6 Å². The van der Waals surface area contributed by atoms with Crippen LogP contribution in [0.5, 0.6) is 0 Å². The molecular weight excluding hydrogens is 353 g/mol. The van der Waals surface area contributed by atoms with Crippen LogP contribution in [-0.2, 0) is 14.4 Å². The Kier molecular flexibility index (Phi) is 5.83. The summed E-state index contributed by atoms with van der Waals surface area (Å²) < 4.78 is 14.5. The molecule has 1 aromatic carbocycles. The van der Waals surface area contributed by atoms with Gasteiger partial charge in [0.1, 0.15) is 18.1 Å². The average molecular weight is 375 g/mol. The van der Waals surface area contributed by atoms with Crippen LogP contribution < -0.4 is 15.5 Å². The lowest BCUT2D eigenvalue weighted by molar-refractivity contribution is -0.134. The van der Waals surface area contributed by atoms with E-state index in [-0.39, 0.29) is 24.3 Å². The molecule has 144 valence electrons. The number of aldehydes is 1. The molecular formula is C19H22FN3O4. The zero-order valence-corrected chi connectivity index (χ0v) is 14.9. The third-order valence-electron chi connectivity index (χ3n) is 5.15.